The Bertz CT molecular complexity index is 409. The summed E-state index contributed by atoms with van der Waals surface area (Å²) in [5.41, 5.74) is 2.11. The van der Waals surface area contributed by atoms with Crippen LogP contribution in [0.1, 0.15) is 25.3 Å². The second-order valence-corrected chi connectivity index (χ2v) is 5.11. The number of piperidine rings is 1. The van der Waals surface area contributed by atoms with Gasteiger partial charge in [0.15, 0.2) is 0 Å². The zero-order valence-electron chi connectivity index (χ0n) is 11.4. The van der Waals surface area contributed by atoms with Crippen LogP contribution < -0.4 is 5.32 Å². The smallest absolute Gasteiger partial charge is 0.238 e. The van der Waals surface area contributed by atoms with Crippen LogP contribution >= 0.6 is 0 Å². The molecule has 0 aliphatic carbocycles. The van der Waals surface area contributed by atoms with Gasteiger partial charge in [-0.1, -0.05) is 19.1 Å². The molecule has 1 heterocycles. The minimum Gasteiger partial charge on any atom is -0.393 e. The molecule has 1 amide bonds. The van der Waals surface area contributed by atoms with Crippen LogP contribution in [0.4, 0.5) is 5.69 Å². The third-order valence-corrected chi connectivity index (χ3v) is 3.57. The molecule has 104 valence electrons. The highest BCUT2D eigenvalue weighted by molar-refractivity contribution is 5.92. The van der Waals surface area contributed by atoms with E-state index in [1.54, 1.807) is 0 Å². The summed E-state index contributed by atoms with van der Waals surface area (Å²) >= 11 is 0. The lowest BCUT2D eigenvalue weighted by Crippen LogP contribution is -2.40. The van der Waals surface area contributed by atoms with Gasteiger partial charge in [0, 0.05) is 18.8 Å². The minimum atomic E-state index is -0.194. The van der Waals surface area contributed by atoms with Gasteiger partial charge < -0.3 is 10.4 Å². The number of benzene rings is 1. The molecule has 0 saturated carbocycles. The highest BCUT2D eigenvalue weighted by Crippen LogP contribution is 2.12. The minimum absolute atomic E-state index is 0.0145. The van der Waals surface area contributed by atoms with Gasteiger partial charge in [0.1, 0.15) is 0 Å². The molecule has 1 aromatic carbocycles. The summed E-state index contributed by atoms with van der Waals surface area (Å²) in [6, 6.07) is 7.95. The number of aliphatic hydroxyl groups is 1. The van der Waals surface area contributed by atoms with Gasteiger partial charge in [-0.15, -0.1) is 0 Å². The third kappa shape index (κ3) is 4.33. The maximum atomic E-state index is 11.9. The second-order valence-electron chi connectivity index (χ2n) is 5.11. The normalized spacial score (nSPS) is 17.4. The summed E-state index contributed by atoms with van der Waals surface area (Å²) in [7, 11) is 0. The number of hydrogen-bond acceptors (Lipinski definition) is 3. The number of aliphatic hydroxyl groups excluding tert-OH is 1. The Balaban J connectivity index is 1.80. The largest absolute Gasteiger partial charge is 0.393 e. The molecule has 0 aromatic heterocycles. The molecule has 4 nitrogen and oxygen atoms in total. The Labute approximate surface area is 114 Å². The second kappa shape index (κ2) is 6.68. The SMILES string of the molecule is CCc1ccc(NC(=O)CN2CCC(O)CC2)cc1. The molecule has 0 bridgehead atoms. The van der Waals surface area contributed by atoms with Gasteiger partial charge in [-0.3, -0.25) is 9.69 Å². The molecule has 0 unspecified atom stereocenters. The predicted octanol–water partition coefficient (Wildman–Crippen LogP) is 1.64. The Morgan fingerprint density at radius 3 is 2.53 bits per heavy atom. The van der Waals surface area contributed by atoms with Crippen molar-refractivity contribution in [2.75, 3.05) is 25.0 Å². The molecule has 19 heavy (non-hydrogen) atoms. The lowest BCUT2D eigenvalue weighted by molar-refractivity contribution is -0.117. The van der Waals surface area contributed by atoms with E-state index in [0.717, 1.165) is 38.0 Å². The van der Waals surface area contributed by atoms with Crippen LogP contribution in [0.2, 0.25) is 0 Å². The van der Waals surface area contributed by atoms with E-state index >= 15 is 0 Å². The molecule has 1 aliphatic rings. The number of rotatable bonds is 4. The summed E-state index contributed by atoms with van der Waals surface area (Å²) in [6.45, 7) is 4.10. The first-order valence-corrected chi connectivity index (χ1v) is 6.96. The van der Waals surface area contributed by atoms with E-state index in [9.17, 15) is 9.90 Å². The average molecular weight is 262 g/mol. The standard InChI is InChI=1S/C15H22N2O2/c1-2-12-3-5-13(6-4-12)16-15(19)11-17-9-7-14(18)8-10-17/h3-6,14,18H,2,7-11H2,1H3,(H,16,19). The van der Waals surface area contributed by atoms with Gasteiger partial charge >= 0.3 is 0 Å². The quantitative estimate of drug-likeness (QED) is 0.867. The maximum absolute atomic E-state index is 11.9. The molecule has 0 spiro atoms. The van der Waals surface area contributed by atoms with Crippen LogP contribution in [0.3, 0.4) is 0 Å². The average Bonchev–Trinajstić information content (AvgIpc) is 2.42. The van der Waals surface area contributed by atoms with Crippen LogP contribution in [0.5, 0.6) is 0 Å². The van der Waals surface area contributed by atoms with Crippen molar-refractivity contribution < 1.29 is 9.90 Å². The maximum Gasteiger partial charge on any atom is 0.238 e. The summed E-state index contributed by atoms with van der Waals surface area (Å²) in [5.74, 6) is 0.0145. The number of anilines is 1. The van der Waals surface area contributed by atoms with E-state index in [1.807, 2.05) is 24.3 Å². The first kappa shape index (κ1) is 14.0. The number of aryl methyl sites for hydroxylation is 1. The summed E-state index contributed by atoms with van der Waals surface area (Å²) in [4.78, 5) is 14.0. The van der Waals surface area contributed by atoms with Crippen molar-refractivity contribution >= 4 is 11.6 Å². The Morgan fingerprint density at radius 1 is 1.32 bits per heavy atom. The fourth-order valence-electron chi connectivity index (χ4n) is 2.30. The number of hydrogen-bond donors (Lipinski definition) is 2. The highest BCUT2D eigenvalue weighted by Gasteiger charge is 2.18. The Morgan fingerprint density at radius 2 is 1.95 bits per heavy atom. The van der Waals surface area contributed by atoms with E-state index in [1.165, 1.54) is 5.56 Å². The van der Waals surface area contributed by atoms with Crippen LogP contribution in [-0.4, -0.2) is 41.7 Å². The molecule has 4 heteroatoms. The fourth-order valence-corrected chi connectivity index (χ4v) is 2.30. The zero-order chi connectivity index (χ0) is 13.7. The molecule has 0 atom stereocenters. The Hall–Kier alpha value is -1.39. The van der Waals surface area contributed by atoms with Gasteiger partial charge in [0.25, 0.3) is 0 Å². The van der Waals surface area contributed by atoms with E-state index in [-0.39, 0.29) is 12.0 Å². The highest BCUT2D eigenvalue weighted by atomic mass is 16.3. The Kier molecular flexibility index (Phi) is 4.93. The van der Waals surface area contributed by atoms with Crippen molar-refractivity contribution in [1.82, 2.24) is 4.90 Å². The number of carbonyl (C=O) groups is 1. The van der Waals surface area contributed by atoms with E-state index in [4.69, 9.17) is 0 Å². The number of amides is 1. The molecule has 2 N–H and O–H groups in total. The molecule has 1 saturated heterocycles. The van der Waals surface area contributed by atoms with Gasteiger partial charge in [0.05, 0.1) is 12.6 Å². The lowest BCUT2D eigenvalue weighted by Gasteiger charge is -2.28. The first-order chi connectivity index (χ1) is 9.17. The molecule has 1 aromatic rings. The number of nitrogens with zero attached hydrogens (tertiary/aromatic N) is 1. The van der Waals surface area contributed by atoms with E-state index in [2.05, 4.69) is 17.1 Å². The summed E-state index contributed by atoms with van der Waals surface area (Å²) in [5, 5.41) is 12.3. The molecule has 2 rings (SSSR count). The van der Waals surface area contributed by atoms with Crippen LogP contribution in [0.15, 0.2) is 24.3 Å². The van der Waals surface area contributed by atoms with Crippen LogP contribution in [0, 0.1) is 0 Å². The lowest BCUT2D eigenvalue weighted by atomic mass is 10.1. The van der Waals surface area contributed by atoms with E-state index in [0.29, 0.717) is 6.54 Å². The fraction of sp³-hybridized carbons (Fsp3) is 0.533. The molecular formula is C15H22N2O2. The molecule has 1 fully saturated rings. The first-order valence-electron chi connectivity index (χ1n) is 6.96. The number of likely N-dealkylation sites (tertiary alicyclic amines) is 1. The van der Waals surface area contributed by atoms with Crippen molar-refractivity contribution in [3.63, 3.8) is 0 Å². The van der Waals surface area contributed by atoms with Gasteiger partial charge in [-0.2, -0.15) is 0 Å². The van der Waals surface area contributed by atoms with Crippen molar-refractivity contribution in [1.29, 1.82) is 0 Å². The van der Waals surface area contributed by atoms with E-state index < -0.39 is 0 Å². The van der Waals surface area contributed by atoms with Crippen molar-refractivity contribution in [3.8, 4) is 0 Å². The number of nitrogens with one attached hydrogen (secondary N) is 1. The number of carbonyl (C=O) groups excluding carboxylic acids is 1. The van der Waals surface area contributed by atoms with Gasteiger partial charge in [0.2, 0.25) is 5.91 Å². The van der Waals surface area contributed by atoms with Crippen molar-refractivity contribution in [2.24, 2.45) is 0 Å². The molecule has 0 radical (unpaired) electrons. The van der Waals surface area contributed by atoms with Gasteiger partial charge in [-0.25, -0.2) is 0 Å². The van der Waals surface area contributed by atoms with Crippen LogP contribution in [-0.2, 0) is 11.2 Å². The molecule has 1 aliphatic heterocycles. The monoisotopic (exact) mass is 262 g/mol. The van der Waals surface area contributed by atoms with Crippen molar-refractivity contribution in [2.45, 2.75) is 32.3 Å². The van der Waals surface area contributed by atoms with Crippen LogP contribution in [0.25, 0.3) is 0 Å². The summed E-state index contributed by atoms with van der Waals surface area (Å²) in [6.07, 6.45) is 2.34. The predicted molar refractivity (Wildman–Crippen MR) is 76.1 cm³/mol. The molecular weight excluding hydrogens is 240 g/mol. The zero-order valence-corrected chi connectivity index (χ0v) is 11.4. The van der Waals surface area contributed by atoms with Gasteiger partial charge in [-0.05, 0) is 37.0 Å². The third-order valence-electron chi connectivity index (χ3n) is 3.57. The summed E-state index contributed by atoms with van der Waals surface area (Å²) < 4.78 is 0. The van der Waals surface area contributed by atoms with Crippen molar-refractivity contribution in [3.05, 3.63) is 29.8 Å². The topological polar surface area (TPSA) is 52.6 Å².